The van der Waals surface area contributed by atoms with Crippen LogP contribution in [0.2, 0.25) is 0 Å². The van der Waals surface area contributed by atoms with E-state index in [1.165, 1.54) is 6.92 Å². The van der Waals surface area contributed by atoms with Crippen LogP contribution in [0, 0.1) is 6.92 Å². The van der Waals surface area contributed by atoms with Crippen molar-refractivity contribution >= 4 is 12.6 Å². The second-order valence-electron chi connectivity index (χ2n) is 6.10. The highest BCUT2D eigenvalue weighted by Crippen LogP contribution is 2.37. The predicted octanol–water partition coefficient (Wildman–Crippen LogP) is 5.46. The Bertz CT molecular complexity index is 492. The first-order chi connectivity index (χ1) is 12.1. The number of ether oxygens (including phenoxy) is 1. The van der Waals surface area contributed by atoms with E-state index < -0.39 is 24.7 Å². The fourth-order valence-electron chi connectivity index (χ4n) is 2.04. The molecule has 0 aliphatic carbocycles. The van der Waals surface area contributed by atoms with Crippen LogP contribution in [-0.2, 0) is 9.31 Å². The Labute approximate surface area is 161 Å². The summed E-state index contributed by atoms with van der Waals surface area (Å²) in [5, 5.41) is 0. The summed E-state index contributed by atoms with van der Waals surface area (Å²) >= 11 is 0. The molecule has 0 spiro atoms. The van der Waals surface area contributed by atoms with E-state index in [4.69, 9.17) is 14.0 Å². The molecule has 1 aromatic heterocycles. The Morgan fingerprint density at radius 1 is 1.00 bits per heavy atom. The van der Waals surface area contributed by atoms with Crippen LogP contribution in [0.4, 0.5) is 4.39 Å². The standard InChI is InChI=1S/C14H21BFNO3.3C2H6/c1-9-7-8-17-12(18-10(2)16)11(9)15-19-13(3,4)14(5,6)20-15;3*1-2/h7-8,10H,1-6H3;3*1-2H3. The van der Waals surface area contributed by atoms with Crippen molar-refractivity contribution in [3.63, 3.8) is 0 Å². The molecule has 0 amide bonds. The summed E-state index contributed by atoms with van der Waals surface area (Å²) in [4.78, 5) is 4.10. The lowest BCUT2D eigenvalue weighted by atomic mass is 9.77. The molecule has 0 saturated carbocycles. The third kappa shape index (κ3) is 6.88. The molecular formula is C20H39BFNO3. The Hall–Kier alpha value is -1.14. The van der Waals surface area contributed by atoms with E-state index in [9.17, 15) is 4.39 Å². The molecule has 26 heavy (non-hydrogen) atoms. The zero-order chi connectivity index (χ0) is 21.1. The van der Waals surface area contributed by atoms with Gasteiger partial charge in [0.15, 0.2) is 0 Å². The van der Waals surface area contributed by atoms with Crippen molar-refractivity contribution in [1.29, 1.82) is 0 Å². The summed E-state index contributed by atoms with van der Waals surface area (Å²) in [6, 6.07) is 1.83. The Kier molecular flexibility index (Phi) is 12.8. The predicted molar refractivity (Wildman–Crippen MR) is 110 cm³/mol. The van der Waals surface area contributed by atoms with E-state index in [-0.39, 0.29) is 5.88 Å². The van der Waals surface area contributed by atoms with Gasteiger partial charge in [0.2, 0.25) is 12.2 Å². The van der Waals surface area contributed by atoms with Crippen LogP contribution in [0.5, 0.6) is 5.88 Å². The summed E-state index contributed by atoms with van der Waals surface area (Å²) in [5.74, 6) is 0.221. The second-order valence-corrected chi connectivity index (χ2v) is 6.10. The van der Waals surface area contributed by atoms with E-state index in [0.717, 1.165) is 5.56 Å². The SMILES string of the molecule is CC.CC.CC.Cc1ccnc(OC(C)F)c1B1OC(C)(C)C(C)(C)O1. The van der Waals surface area contributed by atoms with Gasteiger partial charge in [-0.25, -0.2) is 9.37 Å². The van der Waals surface area contributed by atoms with Crippen molar-refractivity contribution in [3.8, 4) is 5.88 Å². The first-order valence-electron chi connectivity index (χ1n) is 9.76. The minimum Gasteiger partial charge on any atom is -0.444 e. The summed E-state index contributed by atoms with van der Waals surface area (Å²) in [6.07, 6.45) is 0.146. The molecule has 0 radical (unpaired) electrons. The number of halogens is 1. The summed E-state index contributed by atoms with van der Waals surface area (Å²) in [7, 11) is -0.609. The number of nitrogens with zero attached hydrogens (tertiary/aromatic N) is 1. The fourth-order valence-corrected chi connectivity index (χ4v) is 2.04. The fraction of sp³-hybridized carbons (Fsp3) is 0.750. The van der Waals surface area contributed by atoms with Gasteiger partial charge in [0, 0.05) is 18.6 Å². The molecule has 0 bridgehead atoms. The molecule has 1 unspecified atom stereocenters. The number of aromatic nitrogens is 1. The molecule has 1 aliphatic heterocycles. The van der Waals surface area contributed by atoms with Gasteiger partial charge in [-0.15, -0.1) is 0 Å². The highest BCUT2D eigenvalue weighted by Gasteiger charge is 2.53. The number of rotatable bonds is 3. The minimum atomic E-state index is -1.44. The van der Waals surface area contributed by atoms with Gasteiger partial charge in [-0.3, -0.25) is 0 Å². The average molecular weight is 371 g/mol. The van der Waals surface area contributed by atoms with Crippen LogP contribution in [0.25, 0.3) is 0 Å². The topological polar surface area (TPSA) is 40.6 Å². The molecule has 1 aliphatic rings. The molecular weight excluding hydrogens is 332 g/mol. The van der Waals surface area contributed by atoms with Crippen LogP contribution in [0.1, 0.15) is 81.7 Å². The van der Waals surface area contributed by atoms with E-state index in [1.807, 2.05) is 82.2 Å². The van der Waals surface area contributed by atoms with Crippen LogP contribution in [-0.4, -0.2) is 29.7 Å². The third-order valence-electron chi connectivity index (χ3n) is 3.93. The molecule has 0 aromatic carbocycles. The lowest BCUT2D eigenvalue weighted by Crippen LogP contribution is -2.41. The highest BCUT2D eigenvalue weighted by molar-refractivity contribution is 6.63. The van der Waals surface area contributed by atoms with E-state index in [0.29, 0.717) is 5.46 Å². The number of pyridine rings is 1. The maximum atomic E-state index is 13.1. The molecule has 2 rings (SSSR count). The van der Waals surface area contributed by atoms with Gasteiger partial charge in [-0.2, -0.15) is 0 Å². The molecule has 1 fully saturated rings. The maximum Gasteiger partial charge on any atom is 0.500 e. The van der Waals surface area contributed by atoms with Gasteiger partial charge in [0.25, 0.3) is 0 Å². The molecule has 1 atom stereocenters. The molecule has 6 heteroatoms. The van der Waals surface area contributed by atoms with Crippen molar-refractivity contribution in [2.75, 3.05) is 0 Å². The summed E-state index contributed by atoms with van der Waals surface area (Å²) in [5.41, 5.74) is 0.627. The number of hydrogen-bond donors (Lipinski definition) is 0. The van der Waals surface area contributed by atoms with Gasteiger partial charge in [-0.1, -0.05) is 41.5 Å². The van der Waals surface area contributed by atoms with Gasteiger partial charge in [0.1, 0.15) is 0 Å². The van der Waals surface area contributed by atoms with Gasteiger partial charge < -0.3 is 14.0 Å². The lowest BCUT2D eigenvalue weighted by molar-refractivity contribution is 0.00578. The zero-order valence-electron chi connectivity index (χ0n) is 18.9. The van der Waals surface area contributed by atoms with Crippen molar-refractivity contribution in [2.45, 2.75) is 101 Å². The summed E-state index contributed by atoms with van der Waals surface area (Å²) < 4.78 is 30.3. The van der Waals surface area contributed by atoms with E-state index in [1.54, 1.807) is 6.20 Å². The van der Waals surface area contributed by atoms with Crippen LogP contribution < -0.4 is 10.2 Å². The van der Waals surface area contributed by atoms with Crippen molar-refractivity contribution in [1.82, 2.24) is 4.98 Å². The lowest BCUT2D eigenvalue weighted by Gasteiger charge is -2.32. The minimum absolute atomic E-state index is 0.221. The van der Waals surface area contributed by atoms with Gasteiger partial charge >= 0.3 is 7.12 Å². The Balaban J connectivity index is 0. The second kappa shape index (κ2) is 12.3. The molecule has 152 valence electrons. The van der Waals surface area contributed by atoms with Crippen LogP contribution in [0.3, 0.4) is 0 Å². The Morgan fingerprint density at radius 2 is 1.42 bits per heavy atom. The van der Waals surface area contributed by atoms with Crippen molar-refractivity contribution in [3.05, 3.63) is 17.8 Å². The van der Waals surface area contributed by atoms with E-state index in [2.05, 4.69) is 4.98 Å². The van der Waals surface area contributed by atoms with Gasteiger partial charge in [-0.05, 0) is 46.2 Å². The average Bonchev–Trinajstić information content (AvgIpc) is 2.80. The first kappa shape index (κ1) is 27.1. The quantitative estimate of drug-likeness (QED) is 0.662. The molecule has 2 heterocycles. The number of alkyl halides is 1. The first-order valence-corrected chi connectivity index (χ1v) is 9.76. The van der Waals surface area contributed by atoms with E-state index >= 15 is 0 Å². The van der Waals surface area contributed by atoms with Gasteiger partial charge in [0.05, 0.1) is 11.2 Å². The van der Waals surface area contributed by atoms with Crippen LogP contribution in [0.15, 0.2) is 12.3 Å². The largest absolute Gasteiger partial charge is 0.500 e. The Morgan fingerprint density at radius 3 is 1.81 bits per heavy atom. The number of hydrogen-bond acceptors (Lipinski definition) is 4. The van der Waals surface area contributed by atoms with Crippen molar-refractivity contribution < 1.29 is 18.4 Å². The number of aryl methyl sites for hydroxylation is 1. The normalized spacial score (nSPS) is 17.5. The molecule has 1 aromatic rings. The smallest absolute Gasteiger partial charge is 0.444 e. The highest BCUT2D eigenvalue weighted by atomic mass is 19.1. The zero-order valence-corrected chi connectivity index (χ0v) is 18.9. The molecule has 1 saturated heterocycles. The van der Waals surface area contributed by atoms with Crippen LogP contribution >= 0.6 is 0 Å². The third-order valence-corrected chi connectivity index (χ3v) is 3.93. The van der Waals surface area contributed by atoms with Crippen molar-refractivity contribution in [2.24, 2.45) is 0 Å². The molecule has 4 nitrogen and oxygen atoms in total. The molecule has 0 N–H and O–H groups in total. The monoisotopic (exact) mass is 371 g/mol. The maximum absolute atomic E-state index is 13.1. The summed E-state index contributed by atoms with van der Waals surface area (Å²) in [6.45, 7) is 23.1.